The summed E-state index contributed by atoms with van der Waals surface area (Å²) in [4.78, 5) is 0. The lowest BCUT2D eigenvalue weighted by atomic mass is 10.1. The lowest BCUT2D eigenvalue weighted by Gasteiger charge is -2.26. The number of thioether (sulfide) groups is 1. The molecule has 16 heavy (non-hydrogen) atoms. The number of hydrogen-bond acceptors (Lipinski definition) is 4. The minimum absolute atomic E-state index is 0.362. The Kier molecular flexibility index (Phi) is 6.15. The van der Waals surface area contributed by atoms with Crippen molar-refractivity contribution in [2.45, 2.75) is 45.2 Å². The van der Waals surface area contributed by atoms with Crippen molar-refractivity contribution < 1.29 is 8.42 Å². The second kappa shape index (κ2) is 6.87. The molecule has 0 radical (unpaired) electrons. The highest BCUT2D eigenvalue weighted by atomic mass is 32.2. The van der Waals surface area contributed by atoms with E-state index in [0.717, 1.165) is 12.8 Å². The van der Waals surface area contributed by atoms with Gasteiger partial charge < -0.3 is 5.32 Å². The molecule has 1 aliphatic rings. The maximum atomic E-state index is 11.3. The minimum Gasteiger partial charge on any atom is -0.311 e. The number of hydrogen-bond donors (Lipinski definition) is 1. The van der Waals surface area contributed by atoms with Gasteiger partial charge in [0, 0.05) is 12.1 Å². The Morgan fingerprint density at radius 3 is 2.56 bits per heavy atom. The molecule has 1 aliphatic heterocycles. The van der Waals surface area contributed by atoms with Crippen LogP contribution in [0.4, 0.5) is 0 Å². The van der Waals surface area contributed by atoms with Crippen LogP contribution in [0, 0.1) is 0 Å². The highest BCUT2D eigenvalue weighted by Crippen LogP contribution is 2.13. The summed E-state index contributed by atoms with van der Waals surface area (Å²) < 4.78 is 22.5. The highest BCUT2D eigenvalue weighted by molar-refractivity contribution is 7.99. The van der Waals surface area contributed by atoms with E-state index in [-0.39, 0.29) is 0 Å². The van der Waals surface area contributed by atoms with Gasteiger partial charge in [0.05, 0.1) is 11.5 Å². The molecule has 0 bridgehead atoms. The second-order valence-corrected chi connectivity index (χ2v) is 8.18. The molecule has 0 amide bonds. The summed E-state index contributed by atoms with van der Waals surface area (Å²) in [6, 6.07) is 0.912. The largest absolute Gasteiger partial charge is 0.311 e. The van der Waals surface area contributed by atoms with Crippen LogP contribution < -0.4 is 5.32 Å². The van der Waals surface area contributed by atoms with E-state index in [1.165, 1.54) is 17.9 Å². The fourth-order valence-corrected chi connectivity index (χ4v) is 4.25. The topological polar surface area (TPSA) is 46.2 Å². The molecule has 0 aromatic heterocycles. The van der Waals surface area contributed by atoms with E-state index in [1.807, 2.05) is 11.8 Å². The SMILES string of the molecule is CCSCCC(C)NC1CCS(=O)(=O)CC1. The summed E-state index contributed by atoms with van der Waals surface area (Å²) in [6.07, 6.45) is 2.74. The predicted octanol–water partition coefficient (Wildman–Crippen LogP) is 1.68. The quantitative estimate of drug-likeness (QED) is 0.742. The highest BCUT2D eigenvalue weighted by Gasteiger charge is 2.23. The van der Waals surface area contributed by atoms with Crippen LogP contribution in [0.15, 0.2) is 0 Å². The van der Waals surface area contributed by atoms with Gasteiger partial charge in [0.15, 0.2) is 0 Å². The van der Waals surface area contributed by atoms with Crippen molar-refractivity contribution in [1.29, 1.82) is 0 Å². The molecular weight excluding hydrogens is 242 g/mol. The van der Waals surface area contributed by atoms with Crippen molar-refractivity contribution in [3.8, 4) is 0 Å². The average Bonchev–Trinajstić information content (AvgIpc) is 2.22. The van der Waals surface area contributed by atoms with Crippen LogP contribution in [0.3, 0.4) is 0 Å². The third kappa shape index (κ3) is 5.55. The molecule has 1 rings (SSSR count). The number of nitrogens with one attached hydrogen (secondary N) is 1. The van der Waals surface area contributed by atoms with E-state index in [4.69, 9.17) is 0 Å². The lowest BCUT2D eigenvalue weighted by Crippen LogP contribution is -2.42. The van der Waals surface area contributed by atoms with Gasteiger partial charge in [-0.2, -0.15) is 11.8 Å². The van der Waals surface area contributed by atoms with Crippen LogP contribution in [0.25, 0.3) is 0 Å². The average molecular weight is 265 g/mol. The van der Waals surface area contributed by atoms with Gasteiger partial charge in [0.1, 0.15) is 9.84 Å². The zero-order chi connectivity index (χ0) is 12.0. The van der Waals surface area contributed by atoms with E-state index in [2.05, 4.69) is 19.2 Å². The third-order valence-electron chi connectivity index (χ3n) is 2.97. The molecule has 5 heteroatoms. The molecule has 1 unspecified atom stereocenters. The van der Waals surface area contributed by atoms with Crippen LogP contribution in [0.1, 0.15) is 33.1 Å². The molecule has 0 aromatic rings. The van der Waals surface area contributed by atoms with Crippen molar-refractivity contribution >= 4 is 21.6 Å². The van der Waals surface area contributed by atoms with Crippen LogP contribution in [0.5, 0.6) is 0 Å². The third-order valence-corrected chi connectivity index (χ3v) is 5.62. The Bertz CT molecular complexity index is 276. The van der Waals surface area contributed by atoms with E-state index in [9.17, 15) is 8.42 Å². The van der Waals surface area contributed by atoms with Crippen molar-refractivity contribution in [3.63, 3.8) is 0 Å². The molecule has 0 saturated carbocycles. The van der Waals surface area contributed by atoms with Gasteiger partial charge in [-0.1, -0.05) is 6.92 Å². The summed E-state index contributed by atoms with van der Waals surface area (Å²) >= 11 is 1.96. The Balaban J connectivity index is 2.18. The van der Waals surface area contributed by atoms with Gasteiger partial charge in [0.2, 0.25) is 0 Å². The summed E-state index contributed by atoms with van der Waals surface area (Å²) in [6.45, 7) is 4.37. The zero-order valence-corrected chi connectivity index (χ0v) is 11.9. The van der Waals surface area contributed by atoms with Crippen LogP contribution in [-0.2, 0) is 9.84 Å². The molecule has 1 saturated heterocycles. The fraction of sp³-hybridized carbons (Fsp3) is 1.00. The summed E-state index contributed by atoms with van der Waals surface area (Å²) in [5.41, 5.74) is 0. The van der Waals surface area contributed by atoms with Gasteiger partial charge in [-0.05, 0) is 37.7 Å². The Morgan fingerprint density at radius 2 is 2.00 bits per heavy atom. The first kappa shape index (κ1) is 14.3. The number of sulfone groups is 1. The van der Waals surface area contributed by atoms with Gasteiger partial charge in [-0.15, -0.1) is 0 Å². The first-order valence-corrected chi connectivity index (χ1v) is 9.05. The van der Waals surface area contributed by atoms with Gasteiger partial charge >= 0.3 is 0 Å². The molecule has 1 fully saturated rings. The zero-order valence-electron chi connectivity index (χ0n) is 10.2. The summed E-state index contributed by atoms with van der Waals surface area (Å²) in [5.74, 6) is 3.09. The molecule has 1 atom stereocenters. The molecule has 0 aromatic carbocycles. The summed E-state index contributed by atoms with van der Waals surface area (Å²) in [5, 5.41) is 3.54. The van der Waals surface area contributed by atoms with Crippen LogP contribution in [-0.4, -0.2) is 43.5 Å². The van der Waals surface area contributed by atoms with Crippen molar-refractivity contribution in [3.05, 3.63) is 0 Å². The molecule has 1 heterocycles. The fourth-order valence-electron chi connectivity index (χ4n) is 1.95. The number of rotatable bonds is 6. The van der Waals surface area contributed by atoms with E-state index in [0.29, 0.717) is 23.6 Å². The van der Waals surface area contributed by atoms with Crippen LogP contribution in [0.2, 0.25) is 0 Å². The van der Waals surface area contributed by atoms with Crippen molar-refractivity contribution in [2.24, 2.45) is 0 Å². The Morgan fingerprint density at radius 1 is 1.38 bits per heavy atom. The molecule has 96 valence electrons. The Labute approximate surface area is 104 Å². The van der Waals surface area contributed by atoms with Crippen LogP contribution >= 0.6 is 11.8 Å². The molecule has 1 N–H and O–H groups in total. The van der Waals surface area contributed by atoms with E-state index in [1.54, 1.807) is 0 Å². The second-order valence-electron chi connectivity index (χ2n) is 4.48. The first-order valence-electron chi connectivity index (χ1n) is 6.07. The van der Waals surface area contributed by atoms with E-state index < -0.39 is 9.84 Å². The lowest BCUT2D eigenvalue weighted by molar-refractivity contribution is 0.408. The minimum atomic E-state index is -2.72. The first-order chi connectivity index (χ1) is 7.53. The molecular formula is C11H23NO2S2. The monoisotopic (exact) mass is 265 g/mol. The molecule has 0 spiro atoms. The maximum absolute atomic E-state index is 11.3. The molecule has 3 nitrogen and oxygen atoms in total. The summed E-state index contributed by atoms with van der Waals surface area (Å²) in [7, 11) is -2.72. The van der Waals surface area contributed by atoms with Gasteiger partial charge in [-0.25, -0.2) is 8.42 Å². The smallest absolute Gasteiger partial charge is 0.150 e. The van der Waals surface area contributed by atoms with Crippen molar-refractivity contribution in [1.82, 2.24) is 5.32 Å². The standard InChI is InChI=1S/C11H23NO2S2/c1-3-15-7-4-10(2)12-11-5-8-16(13,14)9-6-11/h10-12H,3-9H2,1-2H3. The normalized spacial score (nSPS) is 23.1. The van der Waals surface area contributed by atoms with E-state index >= 15 is 0 Å². The van der Waals surface area contributed by atoms with Crippen molar-refractivity contribution in [2.75, 3.05) is 23.0 Å². The predicted molar refractivity (Wildman–Crippen MR) is 71.9 cm³/mol. The van der Waals surface area contributed by atoms with Gasteiger partial charge in [0.25, 0.3) is 0 Å². The maximum Gasteiger partial charge on any atom is 0.150 e. The van der Waals surface area contributed by atoms with Gasteiger partial charge in [-0.3, -0.25) is 0 Å². The Hall–Kier alpha value is 0.260. The molecule has 0 aliphatic carbocycles.